The molecule has 0 radical (unpaired) electrons. The summed E-state index contributed by atoms with van der Waals surface area (Å²) in [4.78, 5) is 22.1. The van der Waals surface area contributed by atoms with Crippen molar-refractivity contribution in [3.8, 4) is 11.5 Å². The highest BCUT2D eigenvalue weighted by molar-refractivity contribution is 9.10. The lowest BCUT2D eigenvalue weighted by Crippen LogP contribution is -2.17. The molecule has 124 valence electrons. The number of nitro groups is 1. The van der Waals surface area contributed by atoms with Crippen LogP contribution in [-0.2, 0) is 0 Å². The number of carbonyl (C=O) groups excluding carboxylic acids is 1. The van der Waals surface area contributed by atoms with Crippen LogP contribution in [0, 0.1) is 10.1 Å². The molecular formula is C15H12BrN3O5. The average Bonchev–Trinajstić information content (AvgIpc) is 2.56. The number of phenols is 1. The van der Waals surface area contributed by atoms with E-state index >= 15 is 0 Å². The van der Waals surface area contributed by atoms with E-state index in [0.717, 1.165) is 10.5 Å². The first-order chi connectivity index (χ1) is 11.4. The molecule has 0 aromatic heterocycles. The Balaban J connectivity index is 2.16. The smallest absolute Gasteiger partial charge is 0.315 e. The van der Waals surface area contributed by atoms with Crippen molar-refractivity contribution < 1.29 is 19.6 Å². The van der Waals surface area contributed by atoms with Gasteiger partial charge in [0.15, 0.2) is 5.75 Å². The molecule has 0 spiro atoms. The fourth-order valence-electron chi connectivity index (χ4n) is 1.81. The highest BCUT2D eigenvalue weighted by atomic mass is 79.9. The zero-order valence-electron chi connectivity index (χ0n) is 12.4. The maximum Gasteiger partial charge on any atom is 0.315 e. The highest BCUT2D eigenvalue weighted by Crippen LogP contribution is 2.36. The van der Waals surface area contributed by atoms with Gasteiger partial charge in [-0.15, -0.1) is 0 Å². The number of hydrogen-bond donors (Lipinski definition) is 2. The number of phenolic OH excluding ortho intramolecular Hbond substituents is 1. The average molecular weight is 394 g/mol. The van der Waals surface area contributed by atoms with E-state index in [0.29, 0.717) is 5.56 Å². The first-order valence-corrected chi connectivity index (χ1v) is 7.36. The summed E-state index contributed by atoms with van der Waals surface area (Å²) in [5.41, 5.74) is 2.48. The van der Waals surface area contributed by atoms with Crippen molar-refractivity contribution in [1.82, 2.24) is 5.43 Å². The summed E-state index contributed by atoms with van der Waals surface area (Å²) in [6, 6.07) is 9.14. The molecule has 0 aliphatic heterocycles. The van der Waals surface area contributed by atoms with Gasteiger partial charge in [0.05, 0.1) is 18.2 Å². The molecule has 2 rings (SSSR count). The van der Waals surface area contributed by atoms with Crippen LogP contribution in [0.15, 0.2) is 46.0 Å². The van der Waals surface area contributed by atoms with Gasteiger partial charge in [0, 0.05) is 21.7 Å². The van der Waals surface area contributed by atoms with Gasteiger partial charge in [0.25, 0.3) is 5.91 Å². The SMILES string of the molecule is COc1cc(/C=N/NC(=O)c2ccc(Br)cc2)cc([N+](=O)[O-])c1O. The molecule has 0 aliphatic carbocycles. The van der Waals surface area contributed by atoms with E-state index in [9.17, 15) is 20.0 Å². The summed E-state index contributed by atoms with van der Waals surface area (Å²) in [6.07, 6.45) is 1.21. The number of nitrogens with zero attached hydrogens (tertiary/aromatic N) is 2. The summed E-state index contributed by atoms with van der Waals surface area (Å²) in [5, 5.41) is 24.3. The number of benzene rings is 2. The Kier molecular flexibility index (Phi) is 5.48. The molecule has 24 heavy (non-hydrogen) atoms. The minimum atomic E-state index is -0.740. The molecule has 2 aromatic carbocycles. The van der Waals surface area contributed by atoms with Crippen molar-refractivity contribution in [3.63, 3.8) is 0 Å². The predicted molar refractivity (Wildman–Crippen MR) is 90.5 cm³/mol. The van der Waals surface area contributed by atoms with Crippen LogP contribution in [-0.4, -0.2) is 29.3 Å². The highest BCUT2D eigenvalue weighted by Gasteiger charge is 2.19. The molecule has 9 heteroatoms. The third-order valence-corrected chi connectivity index (χ3v) is 3.51. The van der Waals surface area contributed by atoms with Crippen LogP contribution >= 0.6 is 15.9 Å². The first kappa shape index (κ1) is 17.4. The molecule has 0 saturated carbocycles. The number of amides is 1. The third kappa shape index (κ3) is 4.07. The number of halogens is 1. The molecule has 0 bridgehead atoms. The molecule has 0 atom stereocenters. The van der Waals surface area contributed by atoms with E-state index < -0.39 is 22.3 Å². The summed E-state index contributed by atoms with van der Waals surface area (Å²) in [7, 11) is 1.27. The van der Waals surface area contributed by atoms with Crippen molar-refractivity contribution in [2.24, 2.45) is 5.10 Å². The third-order valence-electron chi connectivity index (χ3n) is 2.98. The predicted octanol–water partition coefficient (Wildman–Crippen LogP) is 2.84. The summed E-state index contributed by atoms with van der Waals surface area (Å²) < 4.78 is 5.72. The number of hydrogen-bond acceptors (Lipinski definition) is 6. The van der Waals surface area contributed by atoms with Crippen LogP contribution in [0.1, 0.15) is 15.9 Å². The maximum absolute atomic E-state index is 11.9. The monoisotopic (exact) mass is 393 g/mol. The summed E-state index contributed by atoms with van der Waals surface area (Å²) in [5.74, 6) is -1.07. The van der Waals surface area contributed by atoms with Crippen LogP contribution in [0.25, 0.3) is 0 Å². The summed E-state index contributed by atoms with van der Waals surface area (Å²) >= 11 is 3.27. The molecule has 1 amide bonds. The van der Waals surface area contributed by atoms with Crippen molar-refractivity contribution in [2.75, 3.05) is 7.11 Å². The lowest BCUT2D eigenvalue weighted by molar-refractivity contribution is -0.386. The normalized spacial score (nSPS) is 10.6. The zero-order chi connectivity index (χ0) is 17.7. The minimum Gasteiger partial charge on any atom is -0.500 e. The molecule has 0 aliphatic rings. The minimum absolute atomic E-state index is 0.0649. The summed E-state index contributed by atoms with van der Waals surface area (Å²) in [6.45, 7) is 0. The lowest BCUT2D eigenvalue weighted by atomic mass is 10.2. The zero-order valence-corrected chi connectivity index (χ0v) is 14.0. The van der Waals surface area contributed by atoms with Crippen molar-refractivity contribution in [1.29, 1.82) is 0 Å². The Bertz CT molecular complexity index is 806. The van der Waals surface area contributed by atoms with Gasteiger partial charge in [0.1, 0.15) is 0 Å². The van der Waals surface area contributed by atoms with E-state index in [1.807, 2.05) is 0 Å². The Labute approximate surface area is 145 Å². The standard InChI is InChI=1S/C15H12BrN3O5/c1-24-13-7-9(6-12(14(13)20)19(22)23)8-17-18-15(21)10-2-4-11(16)5-3-10/h2-8,20H,1H3,(H,18,21)/b17-8+. The Hall–Kier alpha value is -2.94. The van der Waals surface area contributed by atoms with E-state index in [1.54, 1.807) is 24.3 Å². The second-order valence-electron chi connectivity index (χ2n) is 4.55. The van der Waals surface area contributed by atoms with E-state index in [2.05, 4.69) is 26.5 Å². The molecule has 0 saturated heterocycles. The quantitative estimate of drug-likeness (QED) is 0.460. The van der Waals surface area contributed by atoms with Crippen LogP contribution in [0.2, 0.25) is 0 Å². The van der Waals surface area contributed by atoms with Gasteiger partial charge in [0.2, 0.25) is 5.75 Å². The van der Waals surface area contributed by atoms with Gasteiger partial charge in [-0.2, -0.15) is 5.10 Å². The number of ether oxygens (including phenoxy) is 1. The molecule has 2 aromatic rings. The van der Waals surface area contributed by atoms with Gasteiger partial charge in [-0.05, 0) is 30.3 Å². The first-order valence-electron chi connectivity index (χ1n) is 6.56. The van der Waals surface area contributed by atoms with E-state index in [-0.39, 0.29) is 11.3 Å². The molecule has 8 nitrogen and oxygen atoms in total. The van der Waals surface area contributed by atoms with Crippen LogP contribution in [0.4, 0.5) is 5.69 Å². The van der Waals surface area contributed by atoms with E-state index in [4.69, 9.17) is 4.74 Å². The number of hydrazone groups is 1. The van der Waals surface area contributed by atoms with Crippen LogP contribution in [0.3, 0.4) is 0 Å². The molecule has 2 N–H and O–H groups in total. The van der Waals surface area contributed by atoms with Crippen LogP contribution < -0.4 is 10.2 Å². The van der Waals surface area contributed by atoms with Gasteiger partial charge in [-0.1, -0.05) is 15.9 Å². The molecule has 0 heterocycles. The number of carbonyl (C=O) groups is 1. The van der Waals surface area contributed by atoms with Crippen molar-refractivity contribution >= 4 is 33.7 Å². The number of aromatic hydroxyl groups is 1. The molecule has 0 fully saturated rings. The van der Waals surface area contributed by atoms with Crippen LogP contribution in [0.5, 0.6) is 11.5 Å². The Morgan fingerprint density at radius 1 is 1.38 bits per heavy atom. The molecular weight excluding hydrogens is 382 g/mol. The van der Waals surface area contributed by atoms with E-state index in [1.165, 1.54) is 19.4 Å². The topological polar surface area (TPSA) is 114 Å². The molecule has 0 unspecified atom stereocenters. The second-order valence-corrected chi connectivity index (χ2v) is 5.47. The van der Waals surface area contributed by atoms with Crippen molar-refractivity contribution in [3.05, 3.63) is 62.1 Å². The largest absolute Gasteiger partial charge is 0.500 e. The lowest BCUT2D eigenvalue weighted by Gasteiger charge is -2.05. The number of nitrogens with one attached hydrogen (secondary N) is 1. The maximum atomic E-state index is 11.9. The number of nitro benzene ring substituents is 1. The fraction of sp³-hybridized carbons (Fsp3) is 0.0667. The van der Waals surface area contributed by atoms with Gasteiger partial charge in [-0.25, -0.2) is 5.43 Å². The fourth-order valence-corrected chi connectivity index (χ4v) is 2.08. The Morgan fingerprint density at radius 2 is 2.04 bits per heavy atom. The van der Waals surface area contributed by atoms with Gasteiger partial charge < -0.3 is 9.84 Å². The number of methoxy groups -OCH3 is 1. The van der Waals surface area contributed by atoms with Gasteiger partial charge >= 0.3 is 5.69 Å². The van der Waals surface area contributed by atoms with Crippen molar-refractivity contribution in [2.45, 2.75) is 0 Å². The van der Waals surface area contributed by atoms with Gasteiger partial charge in [-0.3, -0.25) is 14.9 Å². The Morgan fingerprint density at radius 3 is 2.62 bits per heavy atom. The second kappa shape index (κ2) is 7.55. The number of rotatable bonds is 5.